The number of amides is 2. The average molecular weight is 627 g/mol. The van der Waals surface area contributed by atoms with E-state index >= 15 is 0 Å². The van der Waals surface area contributed by atoms with Crippen molar-refractivity contribution in [1.82, 2.24) is 30.8 Å². The van der Waals surface area contributed by atoms with Gasteiger partial charge in [0.15, 0.2) is 5.82 Å². The van der Waals surface area contributed by atoms with Gasteiger partial charge in [-0.15, -0.1) is 10.2 Å². The fraction of sp³-hybridized carbons (Fsp3) is 0.467. The molecule has 1 saturated carbocycles. The highest BCUT2D eigenvalue weighted by Crippen LogP contribution is 2.50. The highest BCUT2D eigenvalue weighted by Gasteiger charge is 2.52. The first-order chi connectivity index (χ1) is 20.0. The van der Waals surface area contributed by atoms with Gasteiger partial charge in [0.05, 0.1) is 12.6 Å². The molecule has 1 aliphatic heterocycles. The SMILES string of the molecule is CCC[C@H](c1ccc(C(=O)NCc2nn[nH]n2)cc1)N1C(=O)C(c2cc(Cl)cc(Cl)c2)=NC12CCC([Si](C)(C)C)CC2. The number of aliphatic imine (C=N–C) groups is 1. The first-order valence-electron chi connectivity index (χ1n) is 14.5. The van der Waals surface area contributed by atoms with Gasteiger partial charge in [-0.1, -0.05) is 73.5 Å². The molecule has 12 heteroatoms. The molecule has 1 aliphatic carbocycles. The van der Waals surface area contributed by atoms with Crippen LogP contribution in [0.4, 0.5) is 0 Å². The number of nitrogens with zero attached hydrogens (tertiary/aromatic N) is 5. The number of carbonyl (C=O) groups is 2. The molecule has 5 rings (SSSR count). The number of hydrogen-bond donors (Lipinski definition) is 2. The zero-order chi connectivity index (χ0) is 30.1. The van der Waals surface area contributed by atoms with Crippen molar-refractivity contribution in [2.75, 3.05) is 0 Å². The van der Waals surface area contributed by atoms with Gasteiger partial charge in [-0.25, -0.2) is 0 Å². The number of carbonyl (C=O) groups excluding carboxylic acids is 2. The Hall–Kier alpha value is -3.08. The number of halogens is 2. The van der Waals surface area contributed by atoms with Crippen LogP contribution >= 0.6 is 23.2 Å². The van der Waals surface area contributed by atoms with Gasteiger partial charge in [-0.05, 0) is 73.5 Å². The van der Waals surface area contributed by atoms with Crippen LogP contribution in [0.1, 0.15) is 78.8 Å². The number of hydrogen-bond acceptors (Lipinski definition) is 6. The third kappa shape index (κ3) is 6.30. The zero-order valence-electron chi connectivity index (χ0n) is 24.5. The van der Waals surface area contributed by atoms with E-state index in [9.17, 15) is 9.59 Å². The molecule has 9 nitrogen and oxygen atoms in total. The molecule has 0 bridgehead atoms. The van der Waals surface area contributed by atoms with Crippen molar-refractivity contribution in [3.8, 4) is 0 Å². The van der Waals surface area contributed by atoms with E-state index in [1.807, 2.05) is 17.0 Å². The maximum atomic E-state index is 14.4. The lowest BCUT2D eigenvalue weighted by atomic mass is 9.85. The van der Waals surface area contributed by atoms with Gasteiger partial charge < -0.3 is 10.2 Å². The predicted molar refractivity (Wildman–Crippen MR) is 168 cm³/mol. The normalized spacial score (nSPS) is 21.5. The smallest absolute Gasteiger partial charge is 0.275 e. The summed E-state index contributed by atoms with van der Waals surface area (Å²) in [6, 6.07) is 12.5. The van der Waals surface area contributed by atoms with E-state index in [4.69, 9.17) is 28.2 Å². The van der Waals surface area contributed by atoms with E-state index in [1.165, 1.54) is 0 Å². The van der Waals surface area contributed by atoms with Crippen molar-refractivity contribution in [1.29, 1.82) is 0 Å². The number of rotatable bonds is 9. The quantitative estimate of drug-likeness (QED) is 0.260. The second-order valence-electron chi connectivity index (χ2n) is 12.4. The summed E-state index contributed by atoms with van der Waals surface area (Å²) in [5, 5.41) is 17.4. The Morgan fingerprint density at radius 3 is 2.36 bits per heavy atom. The van der Waals surface area contributed by atoms with E-state index in [0.29, 0.717) is 38.2 Å². The summed E-state index contributed by atoms with van der Waals surface area (Å²) in [5.41, 5.74) is 2.63. The molecule has 1 aromatic heterocycles. The highest BCUT2D eigenvalue weighted by atomic mass is 35.5. The number of aromatic amines is 1. The molecule has 0 unspecified atom stereocenters. The molecular weight excluding hydrogens is 589 g/mol. The third-order valence-electron chi connectivity index (χ3n) is 8.56. The molecule has 1 atom stereocenters. The fourth-order valence-electron chi connectivity index (χ4n) is 6.32. The monoisotopic (exact) mass is 625 g/mol. The van der Waals surface area contributed by atoms with Gasteiger partial charge in [-0.3, -0.25) is 14.6 Å². The summed E-state index contributed by atoms with van der Waals surface area (Å²) >= 11 is 12.7. The number of nitrogens with one attached hydrogen (secondary N) is 2. The molecule has 0 saturated heterocycles. The first-order valence-corrected chi connectivity index (χ1v) is 18.8. The van der Waals surface area contributed by atoms with Gasteiger partial charge >= 0.3 is 0 Å². The molecule has 42 heavy (non-hydrogen) atoms. The highest BCUT2D eigenvalue weighted by molar-refractivity contribution is 6.77. The van der Waals surface area contributed by atoms with Gasteiger partial charge in [0.25, 0.3) is 11.8 Å². The van der Waals surface area contributed by atoms with Crippen LogP contribution in [0.15, 0.2) is 47.5 Å². The van der Waals surface area contributed by atoms with Crippen LogP contribution in [0.3, 0.4) is 0 Å². The lowest BCUT2D eigenvalue weighted by Crippen LogP contribution is -2.51. The van der Waals surface area contributed by atoms with E-state index in [2.05, 4.69) is 52.5 Å². The third-order valence-corrected chi connectivity index (χ3v) is 12.0. The minimum atomic E-state index is -1.34. The van der Waals surface area contributed by atoms with Crippen LogP contribution in [-0.4, -0.2) is 56.8 Å². The predicted octanol–water partition coefficient (Wildman–Crippen LogP) is 6.59. The van der Waals surface area contributed by atoms with Gasteiger partial charge in [0, 0.05) is 29.2 Å². The Kier molecular flexibility index (Phi) is 8.87. The van der Waals surface area contributed by atoms with Crippen LogP contribution in [0, 0.1) is 0 Å². The molecule has 222 valence electrons. The Labute approximate surface area is 257 Å². The summed E-state index contributed by atoms with van der Waals surface area (Å²) in [6.07, 6.45) is 5.39. The van der Waals surface area contributed by atoms with Gasteiger partial charge in [0.1, 0.15) is 11.4 Å². The Morgan fingerprint density at radius 1 is 1.12 bits per heavy atom. The molecule has 2 aliphatic rings. The number of benzene rings is 2. The molecule has 2 amide bonds. The molecule has 3 aromatic rings. The summed E-state index contributed by atoms with van der Waals surface area (Å²) in [6.45, 7) is 9.58. The van der Waals surface area contributed by atoms with E-state index in [0.717, 1.165) is 44.1 Å². The molecular formula is C30H37Cl2N7O2Si. The van der Waals surface area contributed by atoms with Crippen molar-refractivity contribution in [3.63, 3.8) is 0 Å². The van der Waals surface area contributed by atoms with Crippen molar-refractivity contribution in [3.05, 3.63) is 75.0 Å². The second-order valence-corrected chi connectivity index (χ2v) is 18.8. The minimum absolute atomic E-state index is 0.0971. The molecule has 2 aromatic carbocycles. The van der Waals surface area contributed by atoms with E-state index < -0.39 is 13.7 Å². The number of H-pyrrole nitrogens is 1. The van der Waals surface area contributed by atoms with Crippen LogP contribution in [-0.2, 0) is 11.3 Å². The maximum Gasteiger partial charge on any atom is 0.275 e. The van der Waals surface area contributed by atoms with E-state index in [-0.39, 0.29) is 24.4 Å². The van der Waals surface area contributed by atoms with Gasteiger partial charge in [0.2, 0.25) is 0 Å². The van der Waals surface area contributed by atoms with Crippen LogP contribution < -0.4 is 5.32 Å². The zero-order valence-corrected chi connectivity index (χ0v) is 27.0. The number of aromatic nitrogens is 4. The summed E-state index contributed by atoms with van der Waals surface area (Å²) in [4.78, 5) is 34.4. The van der Waals surface area contributed by atoms with Crippen molar-refractivity contribution in [2.24, 2.45) is 4.99 Å². The molecule has 0 radical (unpaired) electrons. The average Bonchev–Trinajstić information content (AvgIpc) is 3.56. The van der Waals surface area contributed by atoms with Crippen LogP contribution in [0.5, 0.6) is 0 Å². The van der Waals surface area contributed by atoms with Crippen molar-refractivity contribution in [2.45, 2.75) is 88.9 Å². The topological polar surface area (TPSA) is 116 Å². The summed E-state index contributed by atoms with van der Waals surface area (Å²) < 4.78 is 0. The molecule has 2 heterocycles. The van der Waals surface area contributed by atoms with Crippen molar-refractivity contribution < 1.29 is 9.59 Å². The Balaban J connectivity index is 1.47. The molecule has 1 fully saturated rings. The van der Waals surface area contributed by atoms with Crippen molar-refractivity contribution >= 4 is 48.8 Å². The minimum Gasteiger partial charge on any atom is -0.345 e. The largest absolute Gasteiger partial charge is 0.345 e. The van der Waals surface area contributed by atoms with Crippen LogP contribution in [0.25, 0.3) is 0 Å². The molecule has 1 spiro atoms. The second kappa shape index (κ2) is 12.3. The fourth-order valence-corrected chi connectivity index (χ4v) is 8.86. The summed E-state index contributed by atoms with van der Waals surface area (Å²) in [5.74, 6) is 0.0712. The molecule has 2 N–H and O–H groups in total. The first kappa shape index (κ1) is 30.4. The lowest BCUT2D eigenvalue weighted by Gasteiger charge is -2.47. The van der Waals surface area contributed by atoms with E-state index in [1.54, 1.807) is 30.3 Å². The van der Waals surface area contributed by atoms with Crippen LogP contribution in [0.2, 0.25) is 35.2 Å². The lowest BCUT2D eigenvalue weighted by molar-refractivity contribution is -0.132. The Morgan fingerprint density at radius 2 is 1.79 bits per heavy atom. The van der Waals surface area contributed by atoms with Gasteiger partial charge in [-0.2, -0.15) is 5.21 Å². The number of tetrazole rings is 1. The standard InChI is InChI=1S/C30H37Cl2N7O2Si/c1-5-6-25(19-7-9-20(10-8-19)28(40)33-18-26-35-37-38-36-26)39-29(41)27(21-15-22(31)17-23(32)16-21)34-30(39)13-11-24(12-14-30)42(2,3)4/h7-10,15-17,24-25H,5-6,11-14,18H2,1-4H3,(H,33,40)(H,35,36,37,38)/t24?,25-,30?/m1/s1. The Bertz CT molecular complexity index is 1440. The maximum absolute atomic E-state index is 14.4. The summed E-state index contributed by atoms with van der Waals surface area (Å²) in [7, 11) is -1.34.